The molecule has 0 saturated carbocycles. The molecule has 1 amide bonds. The summed E-state index contributed by atoms with van der Waals surface area (Å²) < 4.78 is 69.8. The molecule has 0 bridgehead atoms. The minimum Gasteiger partial charge on any atom is -0.406 e. The molecule has 0 radical (unpaired) electrons. The number of ether oxygens (including phenoxy) is 1. The second-order valence-corrected chi connectivity index (χ2v) is 8.02. The van der Waals surface area contributed by atoms with Crippen LogP contribution in [0.15, 0.2) is 71.7 Å². The second-order valence-electron chi connectivity index (χ2n) is 8.02. The first-order valence-electron chi connectivity index (χ1n) is 10.9. The molecule has 4 nitrogen and oxygen atoms in total. The summed E-state index contributed by atoms with van der Waals surface area (Å²) in [7, 11) is 0. The molecule has 0 aliphatic carbocycles. The first-order valence-corrected chi connectivity index (χ1v) is 10.9. The quantitative estimate of drug-likeness (QED) is 0.419. The lowest BCUT2D eigenvalue weighted by atomic mass is 9.90. The van der Waals surface area contributed by atoms with E-state index in [1.165, 1.54) is 30.3 Å². The van der Waals surface area contributed by atoms with E-state index in [0.717, 1.165) is 17.7 Å². The SMILES string of the molecule is CCNC(=O)C1CC(c2c(F)cccc2F)=NC1c1ccc(-c2ccc(OC(F)(F)F)cc2)cc1. The van der Waals surface area contributed by atoms with Crippen LogP contribution < -0.4 is 10.1 Å². The lowest BCUT2D eigenvalue weighted by Crippen LogP contribution is -2.32. The lowest BCUT2D eigenvalue weighted by molar-refractivity contribution is -0.274. The minimum absolute atomic E-state index is 0.0801. The van der Waals surface area contributed by atoms with Gasteiger partial charge < -0.3 is 10.1 Å². The second kappa shape index (κ2) is 9.85. The van der Waals surface area contributed by atoms with Gasteiger partial charge in [-0.15, -0.1) is 13.2 Å². The summed E-state index contributed by atoms with van der Waals surface area (Å²) in [4.78, 5) is 17.3. The van der Waals surface area contributed by atoms with E-state index in [9.17, 15) is 26.7 Å². The maximum atomic E-state index is 14.4. The van der Waals surface area contributed by atoms with Crippen LogP contribution in [-0.2, 0) is 4.79 Å². The number of carbonyl (C=O) groups is 1. The number of halogens is 5. The van der Waals surface area contributed by atoms with Gasteiger partial charge in [-0.05, 0) is 47.9 Å². The summed E-state index contributed by atoms with van der Waals surface area (Å²) in [5.74, 6) is -2.72. The van der Waals surface area contributed by atoms with Gasteiger partial charge in [0, 0.05) is 18.7 Å². The molecular weight excluding hydrogens is 467 g/mol. The van der Waals surface area contributed by atoms with Crippen molar-refractivity contribution in [1.29, 1.82) is 0 Å². The Labute approximate surface area is 198 Å². The van der Waals surface area contributed by atoms with E-state index in [0.29, 0.717) is 17.7 Å². The first kappa shape index (κ1) is 24.4. The largest absolute Gasteiger partial charge is 0.573 e. The molecule has 2 unspecified atom stereocenters. The van der Waals surface area contributed by atoms with Gasteiger partial charge >= 0.3 is 6.36 Å². The average molecular weight is 488 g/mol. The van der Waals surface area contributed by atoms with Gasteiger partial charge in [-0.1, -0.05) is 42.5 Å². The molecule has 3 aromatic rings. The zero-order chi connectivity index (χ0) is 25.2. The predicted molar refractivity (Wildman–Crippen MR) is 121 cm³/mol. The standard InChI is InChI=1S/C26H21F5N2O2/c1-2-32-25(34)19-14-22(23-20(27)4-3-5-21(23)28)33-24(19)17-8-6-15(7-9-17)16-10-12-18(13-11-16)35-26(29,30)31/h3-13,19,24H,2,14H2,1H3,(H,32,34). The average Bonchev–Trinajstić information content (AvgIpc) is 3.24. The van der Waals surface area contributed by atoms with Gasteiger partial charge in [0.25, 0.3) is 0 Å². The van der Waals surface area contributed by atoms with E-state index in [2.05, 4.69) is 15.0 Å². The van der Waals surface area contributed by atoms with Crippen molar-refractivity contribution in [2.45, 2.75) is 25.7 Å². The first-order chi connectivity index (χ1) is 16.7. The topological polar surface area (TPSA) is 50.7 Å². The van der Waals surface area contributed by atoms with Crippen molar-refractivity contribution in [2.75, 3.05) is 6.54 Å². The van der Waals surface area contributed by atoms with Crippen LogP contribution in [0.1, 0.15) is 30.5 Å². The van der Waals surface area contributed by atoms with E-state index in [-0.39, 0.29) is 29.4 Å². The lowest BCUT2D eigenvalue weighted by Gasteiger charge is -2.18. The Morgan fingerprint density at radius 2 is 1.54 bits per heavy atom. The number of aliphatic imine (C=N–C) groups is 1. The molecule has 0 saturated heterocycles. The molecule has 1 heterocycles. The fourth-order valence-corrected chi connectivity index (χ4v) is 4.14. The van der Waals surface area contributed by atoms with Crippen LogP contribution in [0.25, 0.3) is 11.1 Å². The Kier molecular flexibility index (Phi) is 6.86. The Bertz CT molecular complexity index is 1220. The zero-order valence-corrected chi connectivity index (χ0v) is 18.6. The summed E-state index contributed by atoms with van der Waals surface area (Å²) >= 11 is 0. The van der Waals surface area contributed by atoms with Crippen LogP contribution in [0, 0.1) is 17.6 Å². The third-order valence-corrected chi connectivity index (χ3v) is 5.70. The molecule has 35 heavy (non-hydrogen) atoms. The molecule has 1 aliphatic rings. The van der Waals surface area contributed by atoms with Crippen molar-refractivity contribution in [2.24, 2.45) is 10.9 Å². The maximum Gasteiger partial charge on any atom is 0.573 e. The Morgan fingerprint density at radius 3 is 2.09 bits per heavy atom. The fourth-order valence-electron chi connectivity index (χ4n) is 4.14. The van der Waals surface area contributed by atoms with E-state index in [4.69, 9.17) is 0 Å². The monoisotopic (exact) mass is 488 g/mol. The molecule has 0 fully saturated rings. The van der Waals surface area contributed by atoms with Crippen molar-refractivity contribution in [3.05, 3.63) is 89.5 Å². The van der Waals surface area contributed by atoms with Crippen molar-refractivity contribution < 1.29 is 31.5 Å². The van der Waals surface area contributed by atoms with E-state index >= 15 is 0 Å². The number of amides is 1. The summed E-state index contributed by atoms with van der Waals surface area (Å²) in [5.41, 5.74) is 2.02. The van der Waals surface area contributed by atoms with Gasteiger partial charge in [0.1, 0.15) is 17.4 Å². The molecule has 182 valence electrons. The zero-order valence-electron chi connectivity index (χ0n) is 18.6. The van der Waals surface area contributed by atoms with Crippen LogP contribution in [0.2, 0.25) is 0 Å². The number of nitrogens with one attached hydrogen (secondary N) is 1. The highest BCUT2D eigenvalue weighted by Gasteiger charge is 2.37. The highest BCUT2D eigenvalue weighted by atomic mass is 19.4. The van der Waals surface area contributed by atoms with Crippen molar-refractivity contribution in [3.63, 3.8) is 0 Å². The normalized spacial score (nSPS) is 17.7. The number of benzene rings is 3. The predicted octanol–water partition coefficient (Wildman–Crippen LogP) is 6.22. The van der Waals surface area contributed by atoms with Crippen LogP contribution in [0.5, 0.6) is 5.75 Å². The number of hydrogen-bond donors (Lipinski definition) is 1. The molecule has 1 N–H and O–H groups in total. The van der Waals surface area contributed by atoms with Crippen LogP contribution in [0.4, 0.5) is 22.0 Å². The van der Waals surface area contributed by atoms with Gasteiger partial charge in [-0.2, -0.15) is 0 Å². The van der Waals surface area contributed by atoms with Crippen molar-refractivity contribution in [1.82, 2.24) is 5.32 Å². The molecule has 2 atom stereocenters. The van der Waals surface area contributed by atoms with Crippen LogP contribution in [-0.4, -0.2) is 24.5 Å². The van der Waals surface area contributed by atoms with Gasteiger partial charge in [-0.3, -0.25) is 9.79 Å². The van der Waals surface area contributed by atoms with Gasteiger partial charge in [0.2, 0.25) is 5.91 Å². The summed E-state index contributed by atoms with van der Waals surface area (Å²) in [5, 5.41) is 2.76. The highest BCUT2D eigenvalue weighted by molar-refractivity contribution is 6.05. The third kappa shape index (κ3) is 5.50. The molecule has 9 heteroatoms. The fraction of sp³-hybridized carbons (Fsp3) is 0.231. The molecular formula is C26H21F5N2O2. The molecule has 4 rings (SSSR count). The van der Waals surface area contributed by atoms with E-state index < -0.39 is 30.0 Å². The third-order valence-electron chi connectivity index (χ3n) is 5.70. The number of nitrogens with zero attached hydrogens (tertiary/aromatic N) is 1. The Balaban J connectivity index is 1.62. The Hall–Kier alpha value is -3.75. The molecule has 1 aliphatic heterocycles. The molecule has 3 aromatic carbocycles. The van der Waals surface area contributed by atoms with Gasteiger partial charge in [0.05, 0.1) is 17.5 Å². The summed E-state index contributed by atoms with van der Waals surface area (Å²) in [6.45, 7) is 2.18. The van der Waals surface area contributed by atoms with Crippen molar-refractivity contribution >= 4 is 11.6 Å². The summed E-state index contributed by atoms with van der Waals surface area (Å²) in [6.07, 6.45) is -4.69. The molecule has 0 aromatic heterocycles. The van der Waals surface area contributed by atoms with E-state index in [1.54, 1.807) is 31.2 Å². The van der Waals surface area contributed by atoms with Crippen molar-refractivity contribution in [3.8, 4) is 16.9 Å². The van der Waals surface area contributed by atoms with Crippen LogP contribution in [0.3, 0.4) is 0 Å². The minimum atomic E-state index is -4.77. The van der Waals surface area contributed by atoms with E-state index in [1.807, 2.05) is 0 Å². The number of alkyl halides is 3. The smallest absolute Gasteiger partial charge is 0.406 e. The van der Waals surface area contributed by atoms with Gasteiger partial charge in [-0.25, -0.2) is 8.78 Å². The summed E-state index contributed by atoms with van der Waals surface area (Å²) in [6, 6.07) is 15.4. The van der Waals surface area contributed by atoms with Gasteiger partial charge in [0.15, 0.2) is 0 Å². The maximum absolute atomic E-state index is 14.4. The highest BCUT2D eigenvalue weighted by Crippen LogP contribution is 2.38. The number of carbonyl (C=O) groups excluding carboxylic acids is 1. The number of hydrogen-bond acceptors (Lipinski definition) is 3. The Morgan fingerprint density at radius 1 is 0.971 bits per heavy atom. The number of rotatable bonds is 6. The van der Waals surface area contributed by atoms with Crippen LogP contribution >= 0.6 is 0 Å². The molecule has 0 spiro atoms.